The topological polar surface area (TPSA) is 24.7 Å². The summed E-state index contributed by atoms with van der Waals surface area (Å²) < 4.78 is 0. The molecule has 24 heavy (non-hydrogen) atoms. The van der Waals surface area contributed by atoms with E-state index in [1.54, 1.807) is 9.80 Å². The number of rotatable bonds is 4. The van der Waals surface area contributed by atoms with Crippen LogP contribution in [0.5, 0.6) is 0 Å². The minimum Gasteiger partial charge on any atom is -0.361 e. The molecule has 2 aromatic carbocycles. The highest BCUT2D eigenvalue weighted by molar-refractivity contribution is 6.30. The molecule has 1 fully saturated rings. The van der Waals surface area contributed by atoms with E-state index in [1.807, 2.05) is 6.07 Å². The number of nitrogens with one attached hydrogen (secondary N) is 3. The molecule has 124 valence electrons. The molecule has 1 aliphatic heterocycles. The van der Waals surface area contributed by atoms with E-state index < -0.39 is 0 Å². The van der Waals surface area contributed by atoms with Crippen molar-refractivity contribution in [1.82, 2.24) is 4.98 Å². The van der Waals surface area contributed by atoms with Gasteiger partial charge in [-0.05, 0) is 18.2 Å². The van der Waals surface area contributed by atoms with Crippen molar-refractivity contribution >= 4 is 22.5 Å². The second kappa shape index (κ2) is 6.98. The quantitative estimate of drug-likeness (QED) is 0.637. The van der Waals surface area contributed by atoms with E-state index in [4.69, 9.17) is 11.6 Å². The lowest BCUT2D eigenvalue weighted by atomic mass is 10.1. The van der Waals surface area contributed by atoms with Gasteiger partial charge >= 0.3 is 0 Å². The van der Waals surface area contributed by atoms with Crippen LogP contribution in [0.15, 0.2) is 54.7 Å². The molecule has 1 aliphatic rings. The van der Waals surface area contributed by atoms with Gasteiger partial charge in [-0.1, -0.05) is 41.9 Å². The van der Waals surface area contributed by atoms with Gasteiger partial charge < -0.3 is 14.8 Å². The first-order valence-corrected chi connectivity index (χ1v) is 9.12. The van der Waals surface area contributed by atoms with Crippen molar-refractivity contribution in [2.24, 2.45) is 0 Å². The van der Waals surface area contributed by atoms with E-state index >= 15 is 0 Å². The van der Waals surface area contributed by atoms with E-state index in [9.17, 15) is 0 Å². The third-order valence-electron chi connectivity index (χ3n) is 5.12. The molecule has 2 heterocycles. The predicted molar refractivity (Wildman–Crippen MR) is 98.6 cm³/mol. The van der Waals surface area contributed by atoms with E-state index in [-0.39, 0.29) is 0 Å². The van der Waals surface area contributed by atoms with Crippen LogP contribution in [0.3, 0.4) is 0 Å². The number of H-pyrrole nitrogens is 1. The van der Waals surface area contributed by atoms with Crippen LogP contribution in [0.4, 0.5) is 0 Å². The second-order valence-corrected chi connectivity index (χ2v) is 7.28. The van der Waals surface area contributed by atoms with Crippen LogP contribution in [0.25, 0.3) is 10.9 Å². The Balaban J connectivity index is 1.34. The van der Waals surface area contributed by atoms with Crippen LogP contribution < -0.4 is 9.80 Å². The number of fused-ring (bicyclic) bond motifs is 1. The largest absolute Gasteiger partial charge is 0.361 e. The number of para-hydroxylation sites is 1. The van der Waals surface area contributed by atoms with Gasteiger partial charge in [0, 0.05) is 33.2 Å². The first-order chi connectivity index (χ1) is 11.8. The molecule has 4 heteroatoms. The lowest BCUT2D eigenvalue weighted by Crippen LogP contribution is -3.27. The average Bonchev–Trinajstić information content (AvgIpc) is 3.00. The maximum Gasteiger partial charge on any atom is 0.127 e. The third kappa shape index (κ3) is 3.48. The maximum atomic E-state index is 6.10. The average molecular weight is 342 g/mol. The van der Waals surface area contributed by atoms with Crippen LogP contribution in [0.2, 0.25) is 5.02 Å². The fourth-order valence-corrected chi connectivity index (χ4v) is 4.01. The Bertz CT molecular complexity index is 818. The first-order valence-electron chi connectivity index (χ1n) is 8.74. The van der Waals surface area contributed by atoms with Crippen molar-refractivity contribution in [1.29, 1.82) is 0 Å². The van der Waals surface area contributed by atoms with Gasteiger partial charge in [0.25, 0.3) is 0 Å². The molecule has 0 amide bonds. The summed E-state index contributed by atoms with van der Waals surface area (Å²) in [6.45, 7) is 7.12. The van der Waals surface area contributed by atoms with Crippen LogP contribution in [0.1, 0.15) is 11.1 Å². The van der Waals surface area contributed by atoms with Gasteiger partial charge in [0.15, 0.2) is 0 Å². The summed E-state index contributed by atoms with van der Waals surface area (Å²) in [5, 5.41) is 2.22. The number of hydrogen-bond acceptors (Lipinski definition) is 0. The maximum absolute atomic E-state index is 6.10. The molecule has 0 saturated carbocycles. The molecule has 0 bridgehead atoms. The Kier molecular flexibility index (Phi) is 4.56. The van der Waals surface area contributed by atoms with Gasteiger partial charge in [-0.2, -0.15) is 0 Å². The molecule has 1 aromatic heterocycles. The van der Waals surface area contributed by atoms with Crippen LogP contribution in [-0.4, -0.2) is 31.2 Å². The molecule has 3 aromatic rings. The van der Waals surface area contributed by atoms with E-state index in [1.165, 1.54) is 48.2 Å². The summed E-state index contributed by atoms with van der Waals surface area (Å²) in [5.41, 5.74) is 4.04. The lowest BCUT2D eigenvalue weighted by Gasteiger charge is -2.29. The van der Waals surface area contributed by atoms with Crippen molar-refractivity contribution in [3.8, 4) is 0 Å². The zero-order valence-electron chi connectivity index (χ0n) is 13.8. The summed E-state index contributed by atoms with van der Waals surface area (Å²) in [4.78, 5) is 6.75. The van der Waals surface area contributed by atoms with Gasteiger partial charge in [-0.25, -0.2) is 0 Å². The van der Waals surface area contributed by atoms with Crippen molar-refractivity contribution in [3.05, 3.63) is 70.9 Å². The van der Waals surface area contributed by atoms with Gasteiger partial charge in [-0.15, -0.1) is 0 Å². The smallest absolute Gasteiger partial charge is 0.127 e. The first kappa shape index (κ1) is 15.7. The van der Waals surface area contributed by atoms with Crippen molar-refractivity contribution in [2.45, 2.75) is 13.1 Å². The van der Waals surface area contributed by atoms with E-state index in [2.05, 4.69) is 53.6 Å². The molecule has 3 nitrogen and oxygen atoms in total. The number of piperazine rings is 1. The van der Waals surface area contributed by atoms with Crippen molar-refractivity contribution in [3.63, 3.8) is 0 Å². The molecule has 0 unspecified atom stereocenters. The molecular weight excluding hydrogens is 318 g/mol. The van der Waals surface area contributed by atoms with Gasteiger partial charge in [0.2, 0.25) is 0 Å². The van der Waals surface area contributed by atoms with Gasteiger partial charge in [0.1, 0.15) is 39.3 Å². The highest BCUT2D eigenvalue weighted by Crippen LogP contribution is 2.16. The Morgan fingerprint density at radius 2 is 1.62 bits per heavy atom. The molecule has 3 N–H and O–H groups in total. The molecule has 0 atom stereocenters. The Morgan fingerprint density at radius 1 is 0.875 bits per heavy atom. The lowest BCUT2D eigenvalue weighted by molar-refractivity contribution is -1.02. The SMILES string of the molecule is Clc1cccc(C[NH+]2CC[NH+](Cc3c[nH]c4ccccc34)CC2)c1. The second-order valence-electron chi connectivity index (χ2n) is 6.84. The van der Waals surface area contributed by atoms with Gasteiger partial charge in [0.05, 0.1) is 0 Å². The van der Waals surface area contributed by atoms with Crippen molar-refractivity contribution < 1.29 is 9.80 Å². The number of aromatic amines is 1. The summed E-state index contributed by atoms with van der Waals surface area (Å²) >= 11 is 6.10. The van der Waals surface area contributed by atoms with E-state index in [0.717, 1.165) is 18.1 Å². The summed E-state index contributed by atoms with van der Waals surface area (Å²) in [6, 6.07) is 16.9. The Morgan fingerprint density at radius 3 is 2.42 bits per heavy atom. The minimum atomic E-state index is 0.843. The minimum absolute atomic E-state index is 0.843. The third-order valence-corrected chi connectivity index (χ3v) is 5.36. The monoisotopic (exact) mass is 341 g/mol. The van der Waals surface area contributed by atoms with Crippen molar-refractivity contribution in [2.75, 3.05) is 26.2 Å². The standard InChI is InChI=1S/C20H22ClN3/c21-18-5-3-4-16(12-18)14-23-8-10-24(11-9-23)15-17-13-22-20-7-2-1-6-19(17)20/h1-7,12-13,22H,8-11,14-15H2/p+2. The Labute approximate surface area is 147 Å². The zero-order chi connectivity index (χ0) is 16.4. The number of quaternary nitrogens is 2. The zero-order valence-corrected chi connectivity index (χ0v) is 14.6. The van der Waals surface area contributed by atoms with Crippen LogP contribution in [-0.2, 0) is 13.1 Å². The number of hydrogen-bond donors (Lipinski definition) is 3. The van der Waals surface area contributed by atoms with Crippen LogP contribution >= 0.6 is 11.6 Å². The molecule has 4 rings (SSSR count). The highest BCUT2D eigenvalue weighted by Gasteiger charge is 2.23. The predicted octanol–water partition coefficient (Wildman–Crippen LogP) is 1.30. The number of aromatic nitrogens is 1. The molecule has 0 aliphatic carbocycles. The van der Waals surface area contributed by atoms with E-state index in [0.29, 0.717) is 0 Å². The molecule has 1 saturated heterocycles. The number of benzene rings is 2. The molecule has 0 spiro atoms. The fraction of sp³-hybridized carbons (Fsp3) is 0.300. The fourth-order valence-electron chi connectivity index (χ4n) is 3.79. The summed E-state index contributed by atoms with van der Waals surface area (Å²) in [7, 11) is 0. The normalized spacial score (nSPS) is 21.2. The van der Waals surface area contributed by atoms with Gasteiger partial charge in [-0.3, -0.25) is 0 Å². The summed E-state index contributed by atoms with van der Waals surface area (Å²) in [5.74, 6) is 0. The Hall–Kier alpha value is -1.81. The van der Waals surface area contributed by atoms with Crippen LogP contribution in [0, 0.1) is 0 Å². The summed E-state index contributed by atoms with van der Waals surface area (Å²) in [6.07, 6.45) is 2.18. The number of halogens is 1. The highest BCUT2D eigenvalue weighted by atomic mass is 35.5. The molecular formula is C20H24ClN3+2. The molecule has 0 radical (unpaired) electrons.